The lowest BCUT2D eigenvalue weighted by Crippen LogP contribution is -2.45. The second kappa shape index (κ2) is 5.01. The quantitative estimate of drug-likeness (QED) is 0.547. The van der Waals surface area contributed by atoms with Gasteiger partial charge in [-0.2, -0.15) is 13.2 Å². The van der Waals surface area contributed by atoms with E-state index in [9.17, 15) is 17.6 Å². The maximum absolute atomic E-state index is 12.0. The van der Waals surface area contributed by atoms with Crippen LogP contribution in [0.25, 0.3) is 0 Å². The van der Waals surface area contributed by atoms with Gasteiger partial charge in [-0.15, -0.1) is 0 Å². The first kappa shape index (κ1) is 13.0. The van der Waals surface area contributed by atoms with Crippen LogP contribution in [0.3, 0.4) is 0 Å². The zero-order chi connectivity index (χ0) is 11.2. The van der Waals surface area contributed by atoms with Gasteiger partial charge in [0.2, 0.25) is 0 Å². The SMILES string of the molecule is CCC=CC#CC(O)(CF)C(F)(F)F. The highest BCUT2D eigenvalue weighted by molar-refractivity contribution is 5.24. The van der Waals surface area contributed by atoms with E-state index in [4.69, 9.17) is 5.11 Å². The van der Waals surface area contributed by atoms with Crippen molar-refractivity contribution in [2.45, 2.75) is 25.1 Å². The van der Waals surface area contributed by atoms with Gasteiger partial charge in [0.05, 0.1) is 0 Å². The van der Waals surface area contributed by atoms with Crippen LogP contribution in [0.4, 0.5) is 17.6 Å². The molecule has 0 rings (SSSR count). The van der Waals surface area contributed by atoms with Crippen LogP contribution in [0.2, 0.25) is 0 Å². The summed E-state index contributed by atoms with van der Waals surface area (Å²) in [6.07, 6.45) is -1.82. The van der Waals surface area contributed by atoms with Crippen molar-refractivity contribution in [2.24, 2.45) is 0 Å². The standard InChI is InChI=1S/C9H10F4O/c1-2-3-4-5-6-8(14,7-10)9(11,12)13/h3-4,14H,2,7H2,1H3. The summed E-state index contributed by atoms with van der Waals surface area (Å²) in [6.45, 7) is -0.202. The number of hydrogen-bond donors (Lipinski definition) is 1. The third kappa shape index (κ3) is 3.38. The summed E-state index contributed by atoms with van der Waals surface area (Å²) in [5, 5.41) is 8.75. The number of alkyl halides is 4. The summed E-state index contributed by atoms with van der Waals surface area (Å²) < 4.78 is 47.9. The molecule has 14 heavy (non-hydrogen) atoms. The third-order valence-corrected chi connectivity index (χ3v) is 1.38. The Balaban J connectivity index is 4.70. The molecule has 0 bridgehead atoms. The van der Waals surface area contributed by atoms with Gasteiger partial charge in [0, 0.05) is 0 Å². The average Bonchev–Trinajstić information content (AvgIpc) is 2.10. The molecule has 0 saturated carbocycles. The van der Waals surface area contributed by atoms with Gasteiger partial charge in [-0.1, -0.05) is 24.8 Å². The molecular formula is C9H10F4O. The van der Waals surface area contributed by atoms with E-state index in [-0.39, 0.29) is 0 Å². The minimum Gasteiger partial charge on any atom is -0.368 e. The second-order valence-corrected chi connectivity index (χ2v) is 2.57. The van der Waals surface area contributed by atoms with Crippen molar-refractivity contribution in [2.75, 3.05) is 6.67 Å². The first-order valence-corrected chi connectivity index (χ1v) is 3.90. The molecular weight excluding hydrogens is 200 g/mol. The van der Waals surface area contributed by atoms with Crippen molar-refractivity contribution in [3.63, 3.8) is 0 Å². The van der Waals surface area contributed by atoms with E-state index in [2.05, 4.69) is 0 Å². The fraction of sp³-hybridized carbons (Fsp3) is 0.556. The summed E-state index contributed by atoms with van der Waals surface area (Å²) in [5.41, 5.74) is -3.55. The summed E-state index contributed by atoms with van der Waals surface area (Å²) in [5.74, 6) is 3.38. The average molecular weight is 210 g/mol. The number of hydrogen-bond acceptors (Lipinski definition) is 1. The van der Waals surface area contributed by atoms with E-state index >= 15 is 0 Å². The normalized spacial score (nSPS) is 16.1. The van der Waals surface area contributed by atoms with Gasteiger partial charge in [-0.3, -0.25) is 0 Å². The monoisotopic (exact) mass is 210 g/mol. The van der Waals surface area contributed by atoms with Crippen molar-refractivity contribution in [1.29, 1.82) is 0 Å². The summed E-state index contributed by atoms with van der Waals surface area (Å²) in [4.78, 5) is 0. The van der Waals surface area contributed by atoms with E-state index in [0.29, 0.717) is 6.42 Å². The Morgan fingerprint density at radius 2 is 1.93 bits per heavy atom. The zero-order valence-electron chi connectivity index (χ0n) is 7.53. The van der Waals surface area contributed by atoms with Crippen LogP contribution in [-0.2, 0) is 0 Å². The number of rotatable bonds is 2. The molecule has 0 aromatic heterocycles. The Morgan fingerprint density at radius 3 is 2.29 bits per heavy atom. The fourth-order valence-corrected chi connectivity index (χ4v) is 0.518. The maximum Gasteiger partial charge on any atom is 0.431 e. The Kier molecular flexibility index (Phi) is 4.64. The zero-order valence-corrected chi connectivity index (χ0v) is 7.53. The molecule has 1 atom stereocenters. The van der Waals surface area contributed by atoms with Crippen LogP contribution in [0.1, 0.15) is 13.3 Å². The smallest absolute Gasteiger partial charge is 0.368 e. The third-order valence-electron chi connectivity index (χ3n) is 1.38. The highest BCUT2D eigenvalue weighted by Crippen LogP contribution is 2.30. The number of halogens is 4. The molecule has 0 aliphatic rings. The Bertz CT molecular complexity index is 258. The lowest BCUT2D eigenvalue weighted by atomic mass is 10.1. The van der Waals surface area contributed by atoms with Crippen LogP contribution in [0, 0.1) is 11.8 Å². The van der Waals surface area contributed by atoms with Crippen molar-refractivity contribution in [3.05, 3.63) is 12.2 Å². The molecule has 0 spiro atoms. The summed E-state index contributed by atoms with van der Waals surface area (Å²) >= 11 is 0. The molecule has 0 amide bonds. The van der Waals surface area contributed by atoms with Gasteiger partial charge >= 0.3 is 6.18 Å². The van der Waals surface area contributed by atoms with Crippen LogP contribution in [0.15, 0.2) is 12.2 Å². The number of allylic oxidation sites excluding steroid dienone is 2. The van der Waals surface area contributed by atoms with Gasteiger partial charge in [0.25, 0.3) is 5.60 Å². The van der Waals surface area contributed by atoms with Crippen molar-refractivity contribution >= 4 is 0 Å². The lowest BCUT2D eigenvalue weighted by molar-refractivity contribution is -0.239. The predicted molar refractivity (Wildman–Crippen MR) is 44.2 cm³/mol. The van der Waals surface area contributed by atoms with Gasteiger partial charge in [0.1, 0.15) is 6.67 Å². The van der Waals surface area contributed by atoms with E-state index < -0.39 is 18.5 Å². The van der Waals surface area contributed by atoms with E-state index in [1.807, 2.05) is 5.92 Å². The van der Waals surface area contributed by atoms with Gasteiger partial charge < -0.3 is 5.11 Å². The first-order chi connectivity index (χ1) is 6.37. The van der Waals surface area contributed by atoms with Crippen molar-refractivity contribution in [3.8, 4) is 11.8 Å². The fourth-order valence-electron chi connectivity index (χ4n) is 0.518. The molecule has 0 radical (unpaired) electrons. The molecule has 0 heterocycles. The molecule has 1 nitrogen and oxygen atoms in total. The molecule has 0 fully saturated rings. The van der Waals surface area contributed by atoms with E-state index in [1.54, 1.807) is 6.92 Å². The lowest BCUT2D eigenvalue weighted by Gasteiger charge is -2.21. The summed E-state index contributed by atoms with van der Waals surface area (Å²) in [7, 11) is 0. The van der Waals surface area contributed by atoms with Crippen LogP contribution in [-0.4, -0.2) is 23.6 Å². The van der Waals surface area contributed by atoms with Crippen LogP contribution < -0.4 is 0 Å². The summed E-state index contributed by atoms with van der Waals surface area (Å²) in [6, 6.07) is 0. The minimum absolute atomic E-state index is 0.606. The molecule has 0 aliphatic carbocycles. The molecule has 0 saturated heterocycles. The van der Waals surface area contributed by atoms with Gasteiger partial charge in [-0.05, 0) is 12.5 Å². The highest BCUT2D eigenvalue weighted by Gasteiger charge is 2.53. The molecule has 0 aromatic carbocycles. The topological polar surface area (TPSA) is 20.2 Å². The van der Waals surface area contributed by atoms with Crippen molar-refractivity contribution < 1.29 is 22.7 Å². The van der Waals surface area contributed by atoms with Crippen LogP contribution in [0.5, 0.6) is 0 Å². The maximum atomic E-state index is 12.0. The van der Waals surface area contributed by atoms with E-state index in [0.717, 1.165) is 6.08 Å². The predicted octanol–water partition coefficient (Wildman–Crippen LogP) is 2.22. The first-order valence-electron chi connectivity index (χ1n) is 3.90. The molecule has 0 aliphatic heterocycles. The minimum atomic E-state index is -5.07. The van der Waals surface area contributed by atoms with Gasteiger partial charge in [0.15, 0.2) is 0 Å². The van der Waals surface area contributed by atoms with Crippen LogP contribution >= 0.6 is 0 Å². The molecule has 1 unspecified atom stereocenters. The Hall–Kier alpha value is -1.02. The van der Waals surface area contributed by atoms with Crippen molar-refractivity contribution in [1.82, 2.24) is 0 Å². The molecule has 0 aromatic rings. The van der Waals surface area contributed by atoms with E-state index in [1.165, 1.54) is 12.0 Å². The molecule has 1 N–H and O–H groups in total. The molecule has 5 heteroatoms. The van der Waals surface area contributed by atoms with Gasteiger partial charge in [-0.25, -0.2) is 4.39 Å². The largest absolute Gasteiger partial charge is 0.431 e. The molecule has 80 valence electrons. The second-order valence-electron chi connectivity index (χ2n) is 2.57. The highest BCUT2D eigenvalue weighted by atomic mass is 19.4. The Labute approximate surface area is 79.4 Å². The Morgan fingerprint density at radius 1 is 1.36 bits per heavy atom. The number of aliphatic hydroxyl groups is 1.